The molecule has 17 heavy (non-hydrogen) atoms. The van der Waals surface area contributed by atoms with E-state index in [-0.39, 0.29) is 12.5 Å². The molecule has 1 atom stereocenters. The fourth-order valence-electron chi connectivity index (χ4n) is 1.57. The van der Waals surface area contributed by atoms with Crippen molar-refractivity contribution in [2.24, 2.45) is 0 Å². The molecule has 0 aliphatic heterocycles. The van der Waals surface area contributed by atoms with Crippen LogP contribution in [0.3, 0.4) is 0 Å². The van der Waals surface area contributed by atoms with Crippen molar-refractivity contribution >= 4 is 0 Å². The van der Waals surface area contributed by atoms with Crippen molar-refractivity contribution in [2.45, 2.75) is 32.9 Å². The molecule has 1 rings (SSSR count). The molecule has 94 valence electrons. The van der Waals surface area contributed by atoms with Crippen molar-refractivity contribution in [2.75, 3.05) is 20.3 Å². The minimum absolute atomic E-state index is 0.130. The van der Waals surface area contributed by atoms with Crippen molar-refractivity contribution in [3.63, 3.8) is 0 Å². The van der Waals surface area contributed by atoms with Crippen LogP contribution in [0, 0.1) is 11.3 Å². The summed E-state index contributed by atoms with van der Waals surface area (Å²) in [6, 6.07) is 2.08. The Bertz CT molecular complexity index is 383. The van der Waals surface area contributed by atoms with Gasteiger partial charge in [-0.15, -0.1) is 5.10 Å². The Labute approximate surface area is 101 Å². The minimum Gasteiger partial charge on any atom is -0.380 e. The molecular formula is C11H18N4O2. The number of hydrogen-bond donors (Lipinski definition) is 0. The van der Waals surface area contributed by atoms with Crippen LogP contribution in [0.25, 0.3) is 0 Å². The second-order valence-corrected chi connectivity index (χ2v) is 3.55. The molecule has 0 amide bonds. The summed E-state index contributed by atoms with van der Waals surface area (Å²) in [6.07, 6.45) is 0.118. The van der Waals surface area contributed by atoms with Gasteiger partial charge in [-0.05, 0) is 13.8 Å². The summed E-state index contributed by atoms with van der Waals surface area (Å²) in [6.45, 7) is 5.73. The van der Waals surface area contributed by atoms with Crippen LogP contribution < -0.4 is 0 Å². The Balaban J connectivity index is 2.85. The molecule has 6 nitrogen and oxygen atoms in total. The highest BCUT2D eigenvalue weighted by Crippen LogP contribution is 2.19. The summed E-state index contributed by atoms with van der Waals surface area (Å²) >= 11 is 0. The Kier molecular flexibility index (Phi) is 5.60. The Morgan fingerprint density at radius 1 is 1.53 bits per heavy atom. The van der Waals surface area contributed by atoms with Crippen molar-refractivity contribution < 1.29 is 9.47 Å². The van der Waals surface area contributed by atoms with E-state index in [9.17, 15) is 0 Å². The lowest BCUT2D eigenvalue weighted by molar-refractivity contribution is 0.103. The normalized spacial score (nSPS) is 12.4. The first-order chi connectivity index (χ1) is 8.24. The van der Waals surface area contributed by atoms with Crippen molar-refractivity contribution in [1.82, 2.24) is 15.0 Å². The monoisotopic (exact) mass is 238 g/mol. The van der Waals surface area contributed by atoms with E-state index in [0.29, 0.717) is 25.5 Å². The van der Waals surface area contributed by atoms with E-state index in [4.69, 9.17) is 14.7 Å². The number of nitriles is 1. The average molecular weight is 238 g/mol. The fraction of sp³-hybridized carbons (Fsp3) is 0.727. The zero-order chi connectivity index (χ0) is 12.7. The quantitative estimate of drug-likeness (QED) is 0.665. The van der Waals surface area contributed by atoms with Crippen LogP contribution in [0.15, 0.2) is 0 Å². The van der Waals surface area contributed by atoms with Gasteiger partial charge in [0.2, 0.25) is 0 Å². The maximum atomic E-state index is 8.73. The van der Waals surface area contributed by atoms with E-state index in [0.717, 1.165) is 5.69 Å². The van der Waals surface area contributed by atoms with Gasteiger partial charge in [-0.25, -0.2) is 4.68 Å². The summed E-state index contributed by atoms with van der Waals surface area (Å²) in [5, 5.41) is 16.8. The third kappa shape index (κ3) is 3.51. The highest BCUT2D eigenvalue weighted by atomic mass is 16.5. The van der Waals surface area contributed by atoms with Crippen LogP contribution in [-0.4, -0.2) is 35.3 Å². The summed E-state index contributed by atoms with van der Waals surface area (Å²) in [5.74, 6) is 0. The Hall–Kier alpha value is -1.45. The standard InChI is InChI=1S/C11H18N4O2/c1-4-17-8-7-15-11(9(2)16-3)10(5-6-12)13-14-15/h9H,4-5,7-8H2,1-3H3. The maximum absolute atomic E-state index is 8.73. The third-order valence-electron chi connectivity index (χ3n) is 2.48. The number of rotatable bonds is 7. The van der Waals surface area contributed by atoms with Gasteiger partial charge in [0, 0.05) is 13.7 Å². The highest BCUT2D eigenvalue weighted by molar-refractivity contribution is 5.16. The van der Waals surface area contributed by atoms with Gasteiger partial charge in [0.05, 0.1) is 37.4 Å². The van der Waals surface area contributed by atoms with Crippen molar-refractivity contribution in [3.05, 3.63) is 11.4 Å². The fourth-order valence-corrected chi connectivity index (χ4v) is 1.57. The van der Waals surface area contributed by atoms with E-state index in [1.165, 1.54) is 0 Å². The van der Waals surface area contributed by atoms with Crippen LogP contribution in [0.4, 0.5) is 0 Å². The number of nitrogens with zero attached hydrogens (tertiary/aromatic N) is 4. The first-order valence-electron chi connectivity index (χ1n) is 5.64. The molecule has 0 aliphatic carbocycles. The smallest absolute Gasteiger partial charge is 0.103 e. The molecule has 6 heteroatoms. The van der Waals surface area contributed by atoms with E-state index in [1.54, 1.807) is 11.8 Å². The van der Waals surface area contributed by atoms with Crippen LogP contribution >= 0.6 is 0 Å². The molecule has 0 spiro atoms. The number of hydrogen-bond acceptors (Lipinski definition) is 5. The molecule has 1 unspecified atom stereocenters. The van der Waals surface area contributed by atoms with E-state index in [1.807, 2.05) is 13.8 Å². The predicted octanol–water partition coefficient (Wildman–Crippen LogP) is 1.09. The average Bonchev–Trinajstić information content (AvgIpc) is 2.72. The molecule has 0 aliphatic rings. The van der Waals surface area contributed by atoms with Gasteiger partial charge < -0.3 is 9.47 Å². The molecule has 1 heterocycles. The first-order valence-corrected chi connectivity index (χ1v) is 5.64. The van der Waals surface area contributed by atoms with Crippen LogP contribution in [0.2, 0.25) is 0 Å². The van der Waals surface area contributed by atoms with Gasteiger partial charge in [-0.3, -0.25) is 0 Å². The molecule has 0 radical (unpaired) electrons. The molecule has 0 aromatic carbocycles. The lowest BCUT2D eigenvalue weighted by atomic mass is 10.2. The number of methoxy groups -OCH3 is 1. The molecular weight excluding hydrogens is 220 g/mol. The van der Waals surface area contributed by atoms with E-state index < -0.39 is 0 Å². The van der Waals surface area contributed by atoms with Crippen molar-refractivity contribution in [1.29, 1.82) is 5.26 Å². The zero-order valence-corrected chi connectivity index (χ0v) is 10.5. The lowest BCUT2D eigenvalue weighted by Gasteiger charge is -2.12. The lowest BCUT2D eigenvalue weighted by Crippen LogP contribution is -2.14. The minimum atomic E-state index is -0.130. The third-order valence-corrected chi connectivity index (χ3v) is 2.48. The number of ether oxygens (including phenoxy) is 2. The predicted molar refractivity (Wildman–Crippen MR) is 61.3 cm³/mol. The summed E-state index contributed by atoms with van der Waals surface area (Å²) in [5.41, 5.74) is 1.53. The largest absolute Gasteiger partial charge is 0.380 e. The molecule has 0 saturated carbocycles. The van der Waals surface area contributed by atoms with Gasteiger partial charge in [0.25, 0.3) is 0 Å². The topological polar surface area (TPSA) is 73.0 Å². The van der Waals surface area contributed by atoms with Crippen molar-refractivity contribution in [3.8, 4) is 6.07 Å². The van der Waals surface area contributed by atoms with E-state index >= 15 is 0 Å². The molecule has 0 N–H and O–H groups in total. The maximum Gasteiger partial charge on any atom is 0.103 e. The number of aromatic nitrogens is 3. The molecule has 0 saturated heterocycles. The van der Waals surface area contributed by atoms with Crippen LogP contribution in [0.1, 0.15) is 31.3 Å². The Morgan fingerprint density at radius 3 is 2.88 bits per heavy atom. The molecule has 1 aromatic rings. The molecule has 1 aromatic heterocycles. The summed E-state index contributed by atoms with van der Waals surface area (Å²) < 4.78 is 12.3. The summed E-state index contributed by atoms with van der Waals surface area (Å²) in [4.78, 5) is 0. The second-order valence-electron chi connectivity index (χ2n) is 3.55. The first kappa shape index (κ1) is 13.6. The van der Waals surface area contributed by atoms with E-state index in [2.05, 4.69) is 16.4 Å². The van der Waals surface area contributed by atoms with Gasteiger partial charge >= 0.3 is 0 Å². The highest BCUT2D eigenvalue weighted by Gasteiger charge is 2.18. The van der Waals surface area contributed by atoms with Gasteiger partial charge in [-0.1, -0.05) is 5.21 Å². The SMILES string of the molecule is CCOCCn1nnc(CC#N)c1C(C)OC. The summed E-state index contributed by atoms with van der Waals surface area (Å²) in [7, 11) is 1.63. The zero-order valence-electron chi connectivity index (χ0n) is 10.5. The van der Waals surface area contributed by atoms with Gasteiger partial charge in [0.1, 0.15) is 5.69 Å². The van der Waals surface area contributed by atoms with Crippen LogP contribution in [0.5, 0.6) is 0 Å². The van der Waals surface area contributed by atoms with Crippen LogP contribution in [-0.2, 0) is 22.4 Å². The van der Waals surface area contributed by atoms with Gasteiger partial charge in [-0.2, -0.15) is 5.26 Å². The molecule has 0 bridgehead atoms. The second kappa shape index (κ2) is 6.99. The Morgan fingerprint density at radius 2 is 2.29 bits per heavy atom. The van der Waals surface area contributed by atoms with Gasteiger partial charge in [0.15, 0.2) is 0 Å². The molecule has 0 fully saturated rings.